The third-order valence-corrected chi connectivity index (χ3v) is 3.73. The van der Waals surface area contributed by atoms with Crippen molar-refractivity contribution >= 4 is 5.95 Å². The molecule has 0 bridgehead atoms. The van der Waals surface area contributed by atoms with Crippen molar-refractivity contribution in [1.82, 2.24) is 9.55 Å². The number of nitrogens with zero attached hydrogens (tertiary/aromatic N) is 2. The van der Waals surface area contributed by atoms with E-state index in [-0.39, 0.29) is 0 Å². The summed E-state index contributed by atoms with van der Waals surface area (Å²) in [7, 11) is 1.77. The van der Waals surface area contributed by atoms with Crippen molar-refractivity contribution in [1.29, 1.82) is 0 Å². The van der Waals surface area contributed by atoms with Gasteiger partial charge in [0.1, 0.15) is 0 Å². The largest absolute Gasteiger partial charge is 0.383 e. The van der Waals surface area contributed by atoms with Gasteiger partial charge in [-0.15, -0.1) is 0 Å². The van der Waals surface area contributed by atoms with Gasteiger partial charge in [0.15, 0.2) is 0 Å². The molecule has 1 atom stereocenters. The Morgan fingerprint density at radius 3 is 2.94 bits per heavy atom. The average Bonchev–Trinajstić information content (AvgIpc) is 3.01. The lowest BCUT2D eigenvalue weighted by atomic mass is 10.2. The standard InChI is InChI=1S/C14H25N3O/c1-3-6-13(11-18-2)17-10-9-15-14(17)16-12-7-4-5-8-12/h9-10,12-13H,3-8,11H2,1-2H3,(H,15,16). The van der Waals surface area contributed by atoms with Crippen molar-refractivity contribution in [3.63, 3.8) is 0 Å². The number of anilines is 1. The Morgan fingerprint density at radius 1 is 1.50 bits per heavy atom. The molecular weight excluding hydrogens is 226 g/mol. The maximum absolute atomic E-state index is 5.33. The minimum Gasteiger partial charge on any atom is -0.383 e. The van der Waals surface area contributed by atoms with E-state index in [2.05, 4.69) is 28.0 Å². The lowest BCUT2D eigenvalue weighted by Crippen LogP contribution is -2.21. The molecule has 1 fully saturated rings. The van der Waals surface area contributed by atoms with Crippen LogP contribution in [0.1, 0.15) is 51.5 Å². The Hall–Kier alpha value is -1.03. The van der Waals surface area contributed by atoms with Crippen LogP contribution in [0.15, 0.2) is 12.4 Å². The van der Waals surface area contributed by atoms with Gasteiger partial charge in [0, 0.05) is 25.5 Å². The summed E-state index contributed by atoms with van der Waals surface area (Å²) in [5.74, 6) is 1.01. The van der Waals surface area contributed by atoms with Crippen molar-refractivity contribution in [2.45, 2.75) is 57.5 Å². The van der Waals surface area contributed by atoms with E-state index in [9.17, 15) is 0 Å². The molecule has 1 saturated carbocycles. The van der Waals surface area contributed by atoms with Gasteiger partial charge in [0.2, 0.25) is 5.95 Å². The first-order valence-corrected chi connectivity index (χ1v) is 7.13. The normalized spacial score (nSPS) is 18.1. The second-order valence-corrected chi connectivity index (χ2v) is 5.18. The van der Waals surface area contributed by atoms with E-state index < -0.39 is 0 Å². The van der Waals surface area contributed by atoms with Crippen molar-refractivity contribution in [2.75, 3.05) is 19.0 Å². The van der Waals surface area contributed by atoms with Crippen molar-refractivity contribution in [2.24, 2.45) is 0 Å². The second-order valence-electron chi connectivity index (χ2n) is 5.18. The molecule has 0 aromatic carbocycles. The third-order valence-electron chi connectivity index (χ3n) is 3.73. The summed E-state index contributed by atoms with van der Waals surface area (Å²) in [6, 6.07) is 1.00. The summed E-state index contributed by atoms with van der Waals surface area (Å²) in [5.41, 5.74) is 0. The molecule has 1 unspecified atom stereocenters. The molecule has 1 aromatic heterocycles. The summed E-state index contributed by atoms with van der Waals surface area (Å²) in [6.45, 7) is 2.97. The Morgan fingerprint density at radius 2 is 2.28 bits per heavy atom. The van der Waals surface area contributed by atoms with Gasteiger partial charge in [-0.05, 0) is 19.3 Å². The molecule has 0 amide bonds. The van der Waals surface area contributed by atoms with E-state index in [0.717, 1.165) is 25.4 Å². The molecule has 2 rings (SSSR count). The molecule has 102 valence electrons. The highest BCUT2D eigenvalue weighted by atomic mass is 16.5. The van der Waals surface area contributed by atoms with Crippen LogP contribution in [0, 0.1) is 0 Å². The second kappa shape index (κ2) is 6.78. The number of hydrogen-bond acceptors (Lipinski definition) is 3. The summed E-state index contributed by atoms with van der Waals surface area (Å²) >= 11 is 0. The first-order chi connectivity index (χ1) is 8.85. The summed E-state index contributed by atoms with van der Waals surface area (Å²) in [6.07, 6.45) is 11.5. The van der Waals surface area contributed by atoms with Crippen molar-refractivity contribution < 1.29 is 4.74 Å². The molecule has 1 aliphatic rings. The number of methoxy groups -OCH3 is 1. The van der Waals surface area contributed by atoms with Gasteiger partial charge in [-0.3, -0.25) is 0 Å². The number of imidazole rings is 1. The number of nitrogens with one attached hydrogen (secondary N) is 1. The molecule has 18 heavy (non-hydrogen) atoms. The number of rotatable bonds is 7. The lowest BCUT2D eigenvalue weighted by Gasteiger charge is -2.21. The summed E-state index contributed by atoms with van der Waals surface area (Å²) in [5, 5.41) is 3.58. The quantitative estimate of drug-likeness (QED) is 0.808. The van der Waals surface area contributed by atoms with Gasteiger partial charge in [0.05, 0.1) is 12.6 Å². The van der Waals surface area contributed by atoms with Crippen LogP contribution in [0.3, 0.4) is 0 Å². The third kappa shape index (κ3) is 3.25. The first-order valence-electron chi connectivity index (χ1n) is 7.13. The monoisotopic (exact) mass is 251 g/mol. The molecule has 1 aliphatic carbocycles. The fourth-order valence-corrected chi connectivity index (χ4v) is 2.80. The molecule has 1 aromatic rings. The summed E-state index contributed by atoms with van der Waals surface area (Å²) < 4.78 is 7.57. The molecule has 0 aliphatic heterocycles. The smallest absolute Gasteiger partial charge is 0.203 e. The minimum absolute atomic E-state index is 0.395. The zero-order valence-electron chi connectivity index (χ0n) is 11.6. The zero-order valence-corrected chi connectivity index (χ0v) is 11.6. The van der Waals surface area contributed by atoms with E-state index in [1.165, 1.54) is 25.7 Å². The minimum atomic E-state index is 0.395. The average molecular weight is 251 g/mol. The highest BCUT2D eigenvalue weighted by molar-refractivity contribution is 5.28. The molecule has 0 spiro atoms. The van der Waals surface area contributed by atoms with Crippen LogP contribution >= 0.6 is 0 Å². The van der Waals surface area contributed by atoms with Crippen LogP contribution in [-0.4, -0.2) is 29.3 Å². The predicted molar refractivity (Wildman–Crippen MR) is 73.9 cm³/mol. The maximum Gasteiger partial charge on any atom is 0.203 e. The first kappa shape index (κ1) is 13.4. The van der Waals surface area contributed by atoms with Crippen molar-refractivity contribution in [3.05, 3.63) is 12.4 Å². The van der Waals surface area contributed by atoms with Crippen LogP contribution in [-0.2, 0) is 4.74 Å². The molecule has 0 saturated heterocycles. The van der Waals surface area contributed by atoms with E-state index in [0.29, 0.717) is 12.1 Å². The van der Waals surface area contributed by atoms with Crippen LogP contribution in [0.25, 0.3) is 0 Å². The van der Waals surface area contributed by atoms with Gasteiger partial charge in [-0.1, -0.05) is 26.2 Å². The SMILES string of the molecule is CCCC(COC)n1ccnc1NC1CCCC1. The molecular formula is C14H25N3O. The van der Waals surface area contributed by atoms with E-state index >= 15 is 0 Å². The lowest BCUT2D eigenvalue weighted by molar-refractivity contribution is 0.151. The Labute approximate surface area is 110 Å². The fourth-order valence-electron chi connectivity index (χ4n) is 2.80. The van der Waals surface area contributed by atoms with Crippen molar-refractivity contribution in [3.8, 4) is 0 Å². The Kier molecular flexibility index (Phi) is 5.05. The molecule has 1 heterocycles. The van der Waals surface area contributed by atoms with E-state index in [1.807, 2.05) is 6.20 Å². The topological polar surface area (TPSA) is 39.1 Å². The van der Waals surface area contributed by atoms with Gasteiger partial charge in [0.25, 0.3) is 0 Å². The van der Waals surface area contributed by atoms with Gasteiger partial charge in [-0.25, -0.2) is 4.98 Å². The highest BCUT2D eigenvalue weighted by Gasteiger charge is 2.19. The van der Waals surface area contributed by atoms with Gasteiger partial charge >= 0.3 is 0 Å². The fraction of sp³-hybridized carbons (Fsp3) is 0.786. The van der Waals surface area contributed by atoms with Crippen LogP contribution in [0.2, 0.25) is 0 Å². The maximum atomic E-state index is 5.33. The predicted octanol–water partition coefficient (Wildman–Crippen LogP) is 3.23. The van der Waals surface area contributed by atoms with E-state index in [4.69, 9.17) is 4.74 Å². The number of ether oxygens (including phenoxy) is 1. The molecule has 4 nitrogen and oxygen atoms in total. The number of aromatic nitrogens is 2. The number of hydrogen-bond donors (Lipinski definition) is 1. The highest BCUT2D eigenvalue weighted by Crippen LogP contribution is 2.24. The molecule has 0 radical (unpaired) electrons. The van der Waals surface area contributed by atoms with Crippen LogP contribution in [0.5, 0.6) is 0 Å². The molecule has 1 N–H and O–H groups in total. The summed E-state index contributed by atoms with van der Waals surface area (Å²) in [4.78, 5) is 4.46. The Bertz CT molecular complexity index is 339. The van der Waals surface area contributed by atoms with E-state index in [1.54, 1.807) is 7.11 Å². The van der Waals surface area contributed by atoms with Crippen LogP contribution < -0.4 is 5.32 Å². The molecule has 4 heteroatoms. The van der Waals surface area contributed by atoms with Crippen LogP contribution in [0.4, 0.5) is 5.95 Å². The van der Waals surface area contributed by atoms with Gasteiger partial charge < -0.3 is 14.6 Å². The zero-order chi connectivity index (χ0) is 12.8. The van der Waals surface area contributed by atoms with Gasteiger partial charge in [-0.2, -0.15) is 0 Å². The Balaban J connectivity index is 2.04.